The summed E-state index contributed by atoms with van der Waals surface area (Å²) in [5, 5.41) is 2.75. The number of alkyl halides is 3. The van der Waals surface area contributed by atoms with Crippen LogP contribution in [0.5, 0.6) is 5.75 Å². The molecule has 0 aromatic heterocycles. The van der Waals surface area contributed by atoms with Crippen LogP contribution in [0, 0.1) is 0 Å². The summed E-state index contributed by atoms with van der Waals surface area (Å²) in [5.41, 5.74) is 0.657. The summed E-state index contributed by atoms with van der Waals surface area (Å²) < 4.78 is 44.1. The highest BCUT2D eigenvalue weighted by Crippen LogP contribution is 2.36. The fraction of sp³-hybridized carbons (Fsp3) is 0.350. The lowest BCUT2D eigenvalue weighted by Gasteiger charge is -2.30. The molecule has 0 radical (unpaired) electrons. The summed E-state index contributed by atoms with van der Waals surface area (Å²) in [6.45, 7) is 1.34. The molecule has 0 spiro atoms. The Hall–Kier alpha value is -2.70. The Balaban J connectivity index is 1.66. The molecule has 1 saturated heterocycles. The molecular formula is C20H21F3N2O2. The van der Waals surface area contributed by atoms with E-state index in [1.54, 1.807) is 6.07 Å². The summed E-state index contributed by atoms with van der Waals surface area (Å²) in [6.07, 6.45) is -1.15. The summed E-state index contributed by atoms with van der Waals surface area (Å²) in [6, 6.07) is 12.3. The van der Waals surface area contributed by atoms with Crippen LogP contribution in [0.4, 0.5) is 24.5 Å². The van der Waals surface area contributed by atoms with Crippen LogP contribution < -0.4 is 15.0 Å². The topological polar surface area (TPSA) is 41.6 Å². The van der Waals surface area contributed by atoms with E-state index in [4.69, 9.17) is 4.74 Å². The fourth-order valence-electron chi connectivity index (χ4n) is 3.15. The maximum Gasteiger partial charge on any atom is 0.419 e. The second-order valence-corrected chi connectivity index (χ2v) is 6.40. The summed E-state index contributed by atoms with van der Waals surface area (Å²) in [5.74, 6) is -0.860. The van der Waals surface area contributed by atoms with E-state index in [1.807, 2.05) is 18.2 Å². The number of para-hydroxylation sites is 3. The van der Waals surface area contributed by atoms with Gasteiger partial charge in [-0.1, -0.05) is 24.3 Å². The molecule has 7 heteroatoms. The number of piperidine rings is 1. The summed E-state index contributed by atoms with van der Waals surface area (Å²) in [4.78, 5) is 14.5. The molecule has 2 aromatic carbocycles. The minimum Gasteiger partial charge on any atom is -0.483 e. The Kier molecular flexibility index (Phi) is 5.88. The third-order valence-corrected chi connectivity index (χ3v) is 4.43. The molecule has 1 heterocycles. The highest BCUT2D eigenvalue weighted by atomic mass is 19.4. The van der Waals surface area contributed by atoms with Gasteiger partial charge in [-0.2, -0.15) is 13.2 Å². The molecule has 1 amide bonds. The van der Waals surface area contributed by atoms with Crippen LogP contribution in [0.2, 0.25) is 0 Å². The number of amides is 1. The van der Waals surface area contributed by atoms with Crippen LogP contribution in [-0.2, 0) is 11.0 Å². The predicted octanol–water partition coefficient (Wildman–Crippen LogP) is 4.71. The Morgan fingerprint density at radius 2 is 1.67 bits per heavy atom. The van der Waals surface area contributed by atoms with Crippen molar-refractivity contribution < 1.29 is 22.7 Å². The largest absolute Gasteiger partial charge is 0.483 e. The molecule has 0 unspecified atom stereocenters. The van der Waals surface area contributed by atoms with Crippen molar-refractivity contribution in [3.05, 3.63) is 54.1 Å². The van der Waals surface area contributed by atoms with E-state index in [1.165, 1.54) is 24.6 Å². The van der Waals surface area contributed by atoms with Crippen LogP contribution >= 0.6 is 0 Å². The van der Waals surface area contributed by atoms with Gasteiger partial charge in [0.25, 0.3) is 5.91 Å². The van der Waals surface area contributed by atoms with Crippen LogP contribution in [0.1, 0.15) is 24.8 Å². The van der Waals surface area contributed by atoms with Crippen molar-refractivity contribution >= 4 is 17.3 Å². The van der Waals surface area contributed by atoms with Gasteiger partial charge in [0.2, 0.25) is 0 Å². The van der Waals surface area contributed by atoms with Crippen molar-refractivity contribution in [2.75, 3.05) is 29.9 Å². The van der Waals surface area contributed by atoms with Crippen molar-refractivity contribution in [1.29, 1.82) is 0 Å². The van der Waals surface area contributed by atoms with E-state index in [-0.39, 0.29) is 5.75 Å². The monoisotopic (exact) mass is 378 g/mol. The Morgan fingerprint density at radius 3 is 2.41 bits per heavy atom. The normalized spacial score (nSPS) is 14.7. The van der Waals surface area contributed by atoms with Gasteiger partial charge in [0.15, 0.2) is 6.61 Å². The number of carbonyl (C=O) groups is 1. The van der Waals surface area contributed by atoms with Gasteiger partial charge in [-0.25, -0.2) is 0 Å². The first-order valence-electron chi connectivity index (χ1n) is 8.88. The highest BCUT2D eigenvalue weighted by molar-refractivity contribution is 5.95. The molecular weight excluding hydrogens is 357 g/mol. The first-order valence-corrected chi connectivity index (χ1v) is 8.88. The van der Waals surface area contributed by atoms with E-state index in [2.05, 4.69) is 10.2 Å². The average molecular weight is 378 g/mol. The number of benzene rings is 2. The number of ether oxygens (including phenoxy) is 1. The van der Waals surface area contributed by atoms with Crippen LogP contribution in [0.15, 0.2) is 48.5 Å². The van der Waals surface area contributed by atoms with Gasteiger partial charge in [-0.3, -0.25) is 4.79 Å². The third kappa shape index (κ3) is 4.93. The quantitative estimate of drug-likeness (QED) is 0.819. The maximum absolute atomic E-state index is 13.0. The zero-order valence-corrected chi connectivity index (χ0v) is 14.8. The second-order valence-electron chi connectivity index (χ2n) is 6.40. The molecule has 2 aromatic rings. The predicted molar refractivity (Wildman–Crippen MR) is 98.1 cm³/mol. The molecule has 4 nitrogen and oxygen atoms in total. The molecule has 1 N–H and O–H groups in total. The van der Waals surface area contributed by atoms with E-state index in [0.717, 1.165) is 37.7 Å². The van der Waals surface area contributed by atoms with Crippen LogP contribution in [-0.4, -0.2) is 25.6 Å². The lowest BCUT2D eigenvalue weighted by Crippen LogP contribution is -2.31. The van der Waals surface area contributed by atoms with Gasteiger partial charge >= 0.3 is 6.18 Å². The molecule has 0 bridgehead atoms. The van der Waals surface area contributed by atoms with Crippen LogP contribution in [0.3, 0.4) is 0 Å². The summed E-state index contributed by atoms with van der Waals surface area (Å²) in [7, 11) is 0. The lowest BCUT2D eigenvalue weighted by atomic mass is 10.1. The summed E-state index contributed by atoms with van der Waals surface area (Å²) >= 11 is 0. The minimum atomic E-state index is -4.53. The van der Waals surface area contributed by atoms with Crippen LogP contribution in [0.25, 0.3) is 0 Å². The molecule has 0 atom stereocenters. The second kappa shape index (κ2) is 8.33. The molecule has 144 valence electrons. The standard InChI is InChI=1S/C20H21F3N2O2/c21-20(22,23)15-8-2-5-11-18(15)27-14-19(26)24-16-9-3-4-10-17(16)25-12-6-1-7-13-25/h2-5,8-11H,1,6-7,12-14H2,(H,24,26). The van der Waals surface area contributed by atoms with Gasteiger partial charge in [0, 0.05) is 13.1 Å². The number of halogens is 3. The first-order chi connectivity index (χ1) is 12.9. The SMILES string of the molecule is O=C(COc1ccccc1C(F)(F)F)Nc1ccccc1N1CCCCC1. The molecule has 1 aliphatic rings. The van der Waals surface area contributed by atoms with Gasteiger partial charge in [0.05, 0.1) is 16.9 Å². The van der Waals surface area contributed by atoms with Crippen molar-refractivity contribution in [1.82, 2.24) is 0 Å². The minimum absolute atomic E-state index is 0.357. The van der Waals surface area contributed by atoms with Gasteiger partial charge < -0.3 is 15.0 Å². The van der Waals surface area contributed by atoms with E-state index in [0.29, 0.717) is 5.69 Å². The number of hydrogen-bond acceptors (Lipinski definition) is 3. The smallest absolute Gasteiger partial charge is 0.419 e. The zero-order valence-electron chi connectivity index (χ0n) is 14.8. The maximum atomic E-state index is 13.0. The molecule has 1 fully saturated rings. The van der Waals surface area contributed by atoms with Crippen molar-refractivity contribution in [3.63, 3.8) is 0 Å². The van der Waals surface area contributed by atoms with Crippen molar-refractivity contribution in [3.8, 4) is 5.75 Å². The van der Waals surface area contributed by atoms with Gasteiger partial charge in [-0.15, -0.1) is 0 Å². The number of anilines is 2. The average Bonchev–Trinajstić information content (AvgIpc) is 2.67. The Morgan fingerprint density at radius 1 is 1.00 bits per heavy atom. The number of carbonyl (C=O) groups excluding carboxylic acids is 1. The first kappa shape index (κ1) is 19.1. The molecule has 3 rings (SSSR count). The van der Waals surface area contributed by atoms with Gasteiger partial charge in [0.1, 0.15) is 5.75 Å². The Bertz CT molecular complexity index is 787. The number of nitrogens with zero attached hydrogens (tertiary/aromatic N) is 1. The molecule has 1 aliphatic heterocycles. The number of rotatable bonds is 5. The van der Waals surface area contributed by atoms with E-state index < -0.39 is 24.3 Å². The van der Waals surface area contributed by atoms with E-state index in [9.17, 15) is 18.0 Å². The molecule has 0 saturated carbocycles. The number of hydrogen-bond donors (Lipinski definition) is 1. The highest BCUT2D eigenvalue weighted by Gasteiger charge is 2.34. The number of nitrogens with one attached hydrogen (secondary N) is 1. The zero-order chi connectivity index (χ0) is 19.3. The fourth-order valence-corrected chi connectivity index (χ4v) is 3.15. The van der Waals surface area contributed by atoms with Gasteiger partial charge in [-0.05, 0) is 43.5 Å². The Labute approximate surface area is 155 Å². The van der Waals surface area contributed by atoms with Crippen molar-refractivity contribution in [2.24, 2.45) is 0 Å². The lowest BCUT2D eigenvalue weighted by molar-refractivity contribution is -0.139. The van der Waals surface area contributed by atoms with Crippen molar-refractivity contribution in [2.45, 2.75) is 25.4 Å². The third-order valence-electron chi connectivity index (χ3n) is 4.43. The van der Waals surface area contributed by atoms with E-state index >= 15 is 0 Å². The molecule has 0 aliphatic carbocycles. The molecule has 27 heavy (non-hydrogen) atoms.